The Hall–Kier alpha value is -2.37. The molecule has 6 heteroatoms. The highest BCUT2D eigenvalue weighted by molar-refractivity contribution is 5.74. The van der Waals surface area contributed by atoms with Crippen molar-refractivity contribution in [1.82, 2.24) is 20.4 Å². The average molecular weight is 286 g/mol. The molecule has 0 radical (unpaired) electrons. The monoisotopic (exact) mass is 286 g/mol. The number of hydrogen-bond acceptors (Lipinski definition) is 4. The van der Waals surface area contributed by atoms with Crippen LogP contribution in [0.1, 0.15) is 29.1 Å². The minimum absolute atomic E-state index is 0.0332. The van der Waals surface area contributed by atoms with Crippen LogP contribution < -0.4 is 5.32 Å². The number of hydrogen-bond donors (Lipinski definition) is 1. The van der Waals surface area contributed by atoms with Crippen molar-refractivity contribution in [3.8, 4) is 0 Å². The summed E-state index contributed by atoms with van der Waals surface area (Å²) in [5.74, 6) is 1.43. The number of nitrogens with zero attached hydrogens (tertiary/aromatic N) is 3. The van der Waals surface area contributed by atoms with Gasteiger partial charge in [-0.3, -0.25) is 0 Å². The van der Waals surface area contributed by atoms with E-state index in [4.69, 9.17) is 4.52 Å². The number of aryl methyl sites for hydroxylation is 1. The summed E-state index contributed by atoms with van der Waals surface area (Å²) >= 11 is 0. The predicted molar refractivity (Wildman–Crippen MR) is 77.0 cm³/mol. The van der Waals surface area contributed by atoms with Crippen LogP contribution in [-0.2, 0) is 0 Å². The average Bonchev–Trinajstić information content (AvgIpc) is 3.13. The molecule has 1 aromatic carbocycles. The summed E-state index contributed by atoms with van der Waals surface area (Å²) in [5, 5.41) is 6.55. The molecule has 0 spiro atoms. The van der Waals surface area contributed by atoms with Crippen molar-refractivity contribution in [2.24, 2.45) is 0 Å². The molecule has 1 N–H and O–H groups in total. The second-order valence-electron chi connectivity index (χ2n) is 5.26. The van der Waals surface area contributed by atoms with Crippen molar-refractivity contribution in [1.29, 1.82) is 0 Å². The van der Waals surface area contributed by atoms with Gasteiger partial charge in [-0.05, 0) is 12.5 Å². The van der Waals surface area contributed by atoms with Gasteiger partial charge in [0.25, 0.3) is 0 Å². The van der Waals surface area contributed by atoms with Gasteiger partial charge in [-0.15, -0.1) is 0 Å². The van der Waals surface area contributed by atoms with Gasteiger partial charge >= 0.3 is 6.03 Å². The second-order valence-corrected chi connectivity index (χ2v) is 5.26. The molecule has 1 aromatic heterocycles. The molecular weight excluding hydrogens is 268 g/mol. The van der Waals surface area contributed by atoms with Crippen LogP contribution in [0.2, 0.25) is 0 Å². The summed E-state index contributed by atoms with van der Waals surface area (Å²) in [6.45, 7) is 3.03. The molecule has 0 saturated carbocycles. The predicted octanol–water partition coefficient (Wildman–Crippen LogP) is 1.90. The number of rotatable bonds is 2. The Labute approximate surface area is 123 Å². The molecular formula is C15H18N4O2. The van der Waals surface area contributed by atoms with Gasteiger partial charge < -0.3 is 14.7 Å². The Morgan fingerprint density at radius 2 is 2.00 bits per heavy atom. The number of amides is 2. The molecule has 0 bridgehead atoms. The highest BCUT2D eigenvalue weighted by Crippen LogP contribution is 2.38. The van der Waals surface area contributed by atoms with E-state index in [0.29, 0.717) is 24.8 Å². The van der Waals surface area contributed by atoms with Gasteiger partial charge in [0.05, 0.1) is 5.92 Å². The van der Waals surface area contributed by atoms with Crippen LogP contribution in [0.15, 0.2) is 34.9 Å². The van der Waals surface area contributed by atoms with Crippen molar-refractivity contribution < 1.29 is 9.32 Å². The Bertz CT molecular complexity index is 626. The Kier molecular flexibility index (Phi) is 3.60. The maximum Gasteiger partial charge on any atom is 0.317 e. The summed E-state index contributed by atoms with van der Waals surface area (Å²) in [4.78, 5) is 18.1. The first-order valence-corrected chi connectivity index (χ1v) is 7.01. The molecule has 1 fully saturated rings. The third-order valence-corrected chi connectivity index (χ3v) is 3.91. The SMILES string of the molecule is CNC(=O)N1CC(c2ccccc2)C(c2nc(C)no2)C1. The Morgan fingerprint density at radius 1 is 1.29 bits per heavy atom. The van der Waals surface area contributed by atoms with E-state index in [1.807, 2.05) is 18.2 Å². The lowest BCUT2D eigenvalue weighted by molar-refractivity contribution is 0.209. The molecule has 1 saturated heterocycles. The van der Waals surface area contributed by atoms with Crippen LogP contribution in [0, 0.1) is 6.92 Å². The number of nitrogens with one attached hydrogen (secondary N) is 1. The highest BCUT2D eigenvalue weighted by Gasteiger charge is 2.39. The fourth-order valence-electron chi connectivity index (χ4n) is 2.88. The van der Waals surface area contributed by atoms with Crippen LogP contribution >= 0.6 is 0 Å². The van der Waals surface area contributed by atoms with E-state index in [9.17, 15) is 4.79 Å². The Balaban J connectivity index is 1.92. The number of urea groups is 1. The minimum atomic E-state index is -0.0744. The molecule has 0 aliphatic carbocycles. The molecule has 2 heterocycles. The number of carbonyl (C=O) groups excluding carboxylic acids is 1. The Morgan fingerprint density at radius 3 is 2.62 bits per heavy atom. The van der Waals surface area contributed by atoms with Crippen molar-refractivity contribution in [3.05, 3.63) is 47.6 Å². The number of carbonyl (C=O) groups is 1. The molecule has 2 unspecified atom stereocenters. The first kappa shape index (κ1) is 13.6. The third kappa shape index (κ3) is 2.61. The van der Waals surface area contributed by atoms with E-state index >= 15 is 0 Å². The molecule has 2 aromatic rings. The van der Waals surface area contributed by atoms with Gasteiger partial charge in [-0.2, -0.15) is 4.98 Å². The molecule has 2 atom stereocenters. The largest absolute Gasteiger partial charge is 0.341 e. The highest BCUT2D eigenvalue weighted by atomic mass is 16.5. The standard InChI is InChI=1S/C15H18N4O2/c1-10-17-14(21-18-10)13-9-19(15(20)16-2)8-12(13)11-6-4-3-5-7-11/h3-7,12-13H,8-9H2,1-2H3,(H,16,20). The zero-order valence-electron chi connectivity index (χ0n) is 12.1. The van der Waals surface area contributed by atoms with Gasteiger partial charge in [0.2, 0.25) is 5.89 Å². The molecule has 21 heavy (non-hydrogen) atoms. The van der Waals surface area contributed by atoms with Crippen molar-refractivity contribution in [2.75, 3.05) is 20.1 Å². The van der Waals surface area contributed by atoms with Gasteiger partial charge in [0.1, 0.15) is 0 Å². The third-order valence-electron chi connectivity index (χ3n) is 3.91. The fourth-order valence-corrected chi connectivity index (χ4v) is 2.88. The molecule has 3 rings (SSSR count). The lowest BCUT2D eigenvalue weighted by Crippen LogP contribution is -2.36. The van der Waals surface area contributed by atoms with E-state index in [-0.39, 0.29) is 17.9 Å². The van der Waals surface area contributed by atoms with Gasteiger partial charge in [0, 0.05) is 26.1 Å². The maximum atomic E-state index is 11.9. The summed E-state index contributed by atoms with van der Waals surface area (Å²) in [6, 6.07) is 10.1. The van der Waals surface area contributed by atoms with Gasteiger partial charge in [-0.25, -0.2) is 4.79 Å². The zero-order chi connectivity index (χ0) is 14.8. The first-order valence-electron chi connectivity index (χ1n) is 7.01. The number of aromatic nitrogens is 2. The van der Waals surface area contributed by atoms with Crippen molar-refractivity contribution >= 4 is 6.03 Å². The van der Waals surface area contributed by atoms with E-state index in [2.05, 4.69) is 27.6 Å². The van der Waals surface area contributed by atoms with Crippen LogP contribution in [0.25, 0.3) is 0 Å². The lowest BCUT2D eigenvalue weighted by atomic mass is 9.89. The molecule has 1 aliphatic heterocycles. The van der Waals surface area contributed by atoms with E-state index in [1.54, 1.807) is 18.9 Å². The van der Waals surface area contributed by atoms with Crippen LogP contribution in [-0.4, -0.2) is 41.2 Å². The second kappa shape index (κ2) is 5.55. The topological polar surface area (TPSA) is 71.3 Å². The number of likely N-dealkylation sites (tertiary alicyclic amines) is 1. The quantitative estimate of drug-likeness (QED) is 0.915. The summed E-state index contributed by atoms with van der Waals surface area (Å²) in [5.41, 5.74) is 1.18. The maximum absolute atomic E-state index is 11.9. The molecule has 1 aliphatic rings. The van der Waals surface area contributed by atoms with Gasteiger partial charge in [0.15, 0.2) is 5.82 Å². The fraction of sp³-hybridized carbons (Fsp3) is 0.400. The van der Waals surface area contributed by atoms with E-state index in [0.717, 1.165) is 0 Å². The molecule has 2 amide bonds. The normalized spacial score (nSPS) is 21.5. The minimum Gasteiger partial charge on any atom is -0.341 e. The van der Waals surface area contributed by atoms with Crippen LogP contribution in [0.5, 0.6) is 0 Å². The summed E-state index contributed by atoms with van der Waals surface area (Å²) in [6.07, 6.45) is 0. The smallest absolute Gasteiger partial charge is 0.317 e. The summed E-state index contributed by atoms with van der Waals surface area (Å²) in [7, 11) is 1.64. The number of benzene rings is 1. The van der Waals surface area contributed by atoms with Crippen LogP contribution in [0.4, 0.5) is 4.79 Å². The first-order chi connectivity index (χ1) is 10.2. The van der Waals surface area contributed by atoms with Crippen LogP contribution in [0.3, 0.4) is 0 Å². The lowest BCUT2D eigenvalue weighted by Gasteiger charge is -2.15. The van der Waals surface area contributed by atoms with E-state index < -0.39 is 0 Å². The molecule has 6 nitrogen and oxygen atoms in total. The van der Waals surface area contributed by atoms with Crippen molar-refractivity contribution in [3.63, 3.8) is 0 Å². The summed E-state index contributed by atoms with van der Waals surface area (Å²) < 4.78 is 5.34. The van der Waals surface area contributed by atoms with Crippen molar-refractivity contribution in [2.45, 2.75) is 18.8 Å². The van der Waals surface area contributed by atoms with E-state index in [1.165, 1.54) is 5.56 Å². The molecule has 110 valence electrons. The zero-order valence-corrected chi connectivity index (χ0v) is 12.1. The van der Waals surface area contributed by atoms with Gasteiger partial charge in [-0.1, -0.05) is 35.5 Å².